The van der Waals surface area contributed by atoms with Crippen molar-refractivity contribution < 1.29 is 9.47 Å². The maximum atomic E-state index is 8.60. The molecule has 5 heteroatoms. The second kappa shape index (κ2) is 6.78. The third kappa shape index (κ3) is 4.12. The molecule has 2 rings (SSSR count). The normalized spacial score (nSPS) is 13.9. The van der Waals surface area contributed by atoms with E-state index in [2.05, 4.69) is 21.2 Å². The van der Waals surface area contributed by atoms with Crippen LogP contribution in [0.2, 0.25) is 0 Å². The predicted octanol–water partition coefficient (Wildman–Crippen LogP) is 3.00. The lowest BCUT2D eigenvalue weighted by Gasteiger charge is -2.14. The van der Waals surface area contributed by atoms with Gasteiger partial charge in [0.2, 0.25) is 0 Å². The maximum Gasteiger partial charge on any atom is 0.176 e. The van der Waals surface area contributed by atoms with Crippen molar-refractivity contribution in [2.24, 2.45) is 0 Å². The van der Waals surface area contributed by atoms with Crippen molar-refractivity contribution in [2.75, 3.05) is 13.2 Å². The highest BCUT2D eigenvalue weighted by atomic mass is 79.9. The van der Waals surface area contributed by atoms with Crippen molar-refractivity contribution in [1.82, 2.24) is 5.32 Å². The molecule has 4 nitrogen and oxygen atoms in total. The van der Waals surface area contributed by atoms with Crippen LogP contribution in [0.5, 0.6) is 11.5 Å². The van der Waals surface area contributed by atoms with E-state index in [-0.39, 0.29) is 6.61 Å². The summed E-state index contributed by atoms with van der Waals surface area (Å²) in [5.41, 5.74) is 1.14. The molecule has 0 unspecified atom stereocenters. The predicted molar refractivity (Wildman–Crippen MR) is 76.3 cm³/mol. The number of hydrogen-bond donors (Lipinski definition) is 1. The van der Waals surface area contributed by atoms with Crippen LogP contribution in [0.3, 0.4) is 0 Å². The number of nitrogens with zero attached hydrogens (tertiary/aromatic N) is 1. The molecule has 102 valence electrons. The van der Waals surface area contributed by atoms with Crippen molar-refractivity contribution in [3.8, 4) is 17.6 Å². The fraction of sp³-hybridized carbons (Fsp3) is 0.500. The van der Waals surface area contributed by atoms with E-state index in [1.807, 2.05) is 25.1 Å². The van der Waals surface area contributed by atoms with E-state index < -0.39 is 0 Å². The molecule has 19 heavy (non-hydrogen) atoms. The number of halogens is 1. The van der Waals surface area contributed by atoms with E-state index in [0.717, 1.165) is 16.6 Å². The van der Waals surface area contributed by atoms with Gasteiger partial charge in [-0.1, -0.05) is 0 Å². The molecule has 0 aliphatic heterocycles. The molecule has 0 saturated heterocycles. The molecule has 1 aliphatic carbocycles. The van der Waals surface area contributed by atoms with Gasteiger partial charge in [-0.2, -0.15) is 5.26 Å². The van der Waals surface area contributed by atoms with Crippen molar-refractivity contribution in [3.63, 3.8) is 0 Å². The first-order valence-corrected chi connectivity index (χ1v) is 7.22. The minimum absolute atomic E-state index is 0.0122. The highest BCUT2D eigenvalue weighted by Crippen LogP contribution is 2.37. The van der Waals surface area contributed by atoms with Crippen LogP contribution < -0.4 is 14.8 Å². The fourth-order valence-electron chi connectivity index (χ4n) is 1.78. The number of ether oxygens (including phenoxy) is 2. The van der Waals surface area contributed by atoms with Crippen LogP contribution in [0.1, 0.15) is 25.3 Å². The largest absolute Gasteiger partial charge is 0.490 e. The lowest BCUT2D eigenvalue weighted by Crippen LogP contribution is -2.15. The summed E-state index contributed by atoms with van der Waals surface area (Å²) in [4.78, 5) is 0. The van der Waals surface area contributed by atoms with Gasteiger partial charge in [0.25, 0.3) is 0 Å². The highest BCUT2D eigenvalue weighted by Gasteiger charge is 2.20. The third-order valence-electron chi connectivity index (χ3n) is 2.82. The monoisotopic (exact) mass is 324 g/mol. The lowest BCUT2D eigenvalue weighted by atomic mass is 10.2. The number of hydrogen-bond acceptors (Lipinski definition) is 4. The molecule has 1 N–H and O–H groups in total. The zero-order chi connectivity index (χ0) is 13.7. The first-order chi connectivity index (χ1) is 9.24. The average Bonchev–Trinajstić information content (AvgIpc) is 3.20. The Bertz CT molecular complexity index is 481. The van der Waals surface area contributed by atoms with E-state index in [9.17, 15) is 0 Å². The van der Waals surface area contributed by atoms with Gasteiger partial charge >= 0.3 is 0 Å². The molecular formula is C14H17BrN2O2. The molecule has 1 aromatic carbocycles. The van der Waals surface area contributed by atoms with Crippen LogP contribution in [0, 0.1) is 11.3 Å². The first-order valence-electron chi connectivity index (χ1n) is 6.43. The average molecular weight is 325 g/mol. The summed E-state index contributed by atoms with van der Waals surface area (Å²) in [7, 11) is 0. The number of rotatable bonds is 7. The van der Waals surface area contributed by atoms with E-state index in [1.54, 1.807) is 0 Å². The number of nitrogens with one attached hydrogen (secondary N) is 1. The van der Waals surface area contributed by atoms with Gasteiger partial charge in [0, 0.05) is 12.6 Å². The summed E-state index contributed by atoms with van der Waals surface area (Å²) in [6.45, 7) is 3.33. The topological polar surface area (TPSA) is 54.3 Å². The minimum atomic E-state index is 0.0122. The summed E-state index contributed by atoms with van der Waals surface area (Å²) in [6.07, 6.45) is 2.53. The molecule has 0 aromatic heterocycles. The second-order valence-corrected chi connectivity index (χ2v) is 5.29. The van der Waals surface area contributed by atoms with Gasteiger partial charge in [-0.15, -0.1) is 0 Å². The van der Waals surface area contributed by atoms with Gasteiger partial charge in [0.1, 0.15) is 6.07 Å². The van der Waals surface area contributed by atoms with E-state index in [4.69, 9.17) is 14.7 Å². The van der Waals surface area contributed by atoms with Crippen LogP contribution >= 0.6 is 15.9 Å². The third-order valence-corrected chi connectivity index (χ3v) is 3.41. The fourth-order valence-corrected chi connectivity index (χ4v) is 2.38. The Labute approximate surface area is 121 Å². The number of benzene rings is 1. The molecule has 0 amide bonds. The van der Waals surface area contributed by atoms with Crippen molar-refractivity contribution >= 4 is 15.9 Å². The van der Waals surface area contributed by atoms with Gasteiger partial charge in [0.05, 0.1) is 11.1 Å². The molecule has 0 spiro atoms. The molecule has 0 heterocycles. The molecule has 1 saturated carbocycles. The van der Waals surface area contributed by atoms with Crippen molar-refractivity contribution in [1.29, 1.82) is 5.26 Å². The Hall–Kier alpha value is -1.25. The highest BCUT2D eigenvalue weighted by molar-refractivity contribution is 9.10. The Balaban J connectivity index is 2.14. The Morgan fingerprint density at radius 1 is 1.42 bits per heavy atom. The Kier molecular flexibility index (Phi) is 5.06. The summed E-state index contributed by atoms with van der Waals surface area (Å²) in [5.74, 6) is 1.28. The summed E-state index contributed by atoms with van der Waals surface area (Å²) >= 11 is 3.48. The molecule has 1 aromatic rings. The SMILES string of the molecule is CCOc1cc(CNC2CC2)cc(Br)c1OCC#N. The van der Waals surface area contributed by atoms with Crippen LogP contribution in [-0.4, -0.2) is 19.3 Å². The molecule has 1 aliphatic rings. The van der Waals surface area contributed by atoms with Gasteiger partial charge < -0.3 is 14.8 Å². The Morgan fingerprint density at radius 3 is 2.84 bits per heavy atom. The van der Waals surface area contributed by atoms with Gasteiger partial charge in [0.15, 0.2) is 18.1 Å². The molecule has 0 bridgehead atoms. The lowest BCUT2D eigenvalue weighted by molar-refractivity contribution is 0.297. The molecule has 0 atom stereocenters. The smallest absolute Gasteiger partial charge is 0.176 e. The molecular weight excluding hydrogens is 308 g/mol. The number of nitriles is 1. The van der Waals surface area contributed by atoms with Gasteiger partial charge in [-0.3, -0.25) is 0 Å². The zero-order valence-electron chi connectivity index (χ0n) is 10.9. The van der Waals surface area contributed by atoms with Crippen molar-refractivity contribution in [2.45, 2.75) is 32.4 Å². The van der Waals surface area contributed by atoms with Gasteiger partial charge in [-0.05, 0) is 53.4 Å². The zero-order valence-corrected chi connectivity index (χ0v) is 12.5. The van der Waals surface area contributed by atoms with Crippen molar-refractivity contribution in [3.05, 3.63) is 22.2 Å². The summed E-state index contributed by atoms with van der Waals surface area (Å²) < 4.78 is 11.8. The van der Waals surface area contributed by atoms with E-state index >= 15 is 0 Å². The second-order valence-electron chi connectivity index (χ2n) is 4.44. The minimum Gasteiger partial charge on any atom is -0.490 e. The van der Waals surface area contributed by atoms with Crippen LogP contribution in [0.25, 0.3) is 0 Å². The Morgan fingerprint density at radius 2 is 2.21 bits per heavy atom. The summed E-state index contributed by atoms with van der Waals surface area (Å²) in [5, 5.41) is 12.1. The molecule has 0 radical (unpaired) electrons. The van der Waals surface area contributed by atoms with E-state index in [0.29, 0.717) is 24.1 Å². The first kappa shape index (κ1) is 14.2. The van der Waals surface area contributed by atoms with Crippen LogP contribution in [-0.2, 0) is 6.54 Å². The molecule has 1 fully saturated rings. The quantitative estimate of drug-likeness (QED) is 0.837. The van der Waals surface area contributed by atoms with Crippen LogP contribution in [0.15, 0.2) is 16.6 Å². The summed E-state index contributed by atoms with van der Waals surface area (Å²) in [6, 6.07) is 6.61. The van der Waals surface area contributed by atoms with Crippen LogP contribution in [0.4, 0.5) is 0 Å². The standard InChI is InChI=1S/C14H17BrN2O2/c1-2-18-13-8-10(9-17-11-3-4-11)7-12(15)14(13)19-6-5-16/h7-8,11,17H,2-4,6,9H2,1H3. The maximum absolute atomic E-state index is 8.60. The van der Waals surface area contributed by atoms with Gasteiger partial charge in [-0.25, -0.2) is 0 Å². The van der Waals surface area contributed by atoms with E-state index in [1.165, 1.54) is 12.8 Å².